The van der Waals surface area contributed by atoms with Gasteiger partial charge in [-0.15, -0.1) is 0 Å². The molecule has 1 N–H and O–H groups in total. The van der Waals surface area contributed by atoms with Crippen molar-refractivity contribution in [3.63, 3.8) is 0 Å². The number of pyridine rings is 1. The molecule has 0 aliphatic rings. The molecule has 0 atom stereocenters. The minimum absolute atomic E-state index is 0.704. The van der Waals surface area contributed by atoms with E-state index in [4.69, 9.17) is 4.74 Å². The average molecular weight is 310 g/mol. The Balaban J connectivity index is 1.65. The van der Waals surface area contributed by atoms with Gasteiger partial charge in [0.05, 0.1) is 5.52 Å². The molecule has 0 saturated heterocycles. The van der Waals surface area contributed by atoms with Gasteiger partial charge in [0.15, 0.2) is 5.65 Å². The molecule has 0 aliphatic carbocycles. The number of benzene rings is 1. The van der Waals surface area contributed by atoms with E-state index in [0.717, 1.165) is 47.9 Å². The van der Waals surface area contributed by atoms with Gasteiger partial charge < -0.3 is 14.6 Å². The lowest BCUT2D eigenvalue weighted by Crippen LogP contribution is -2.27. The van der Waals surface area contributed by atoms with Crippen molar-refractivity contribution in [3.8, 4) is 17.1 Å². The predicted molar refractivity (Wildman–Crippen MR) is 92.6 cm³/mol. The number of fused-ring (bicyclic) bond motifs is 1. The first-order chi connectivity index (χ1) is 11.3. The van der Waals surface area contributed by atoms with Gasteiger partial charge in [0.25, 0.3) is 0 Å². The standard InChI is InChI=1S/C18H22N4O/c1-3-22(4-2)12-13-23-15-9-7-14(8-10-15)17-20-16-6-5-11-19-18(16)21-17/h5-11H,3-4,12-13H2,1-2H3,(H,19,20,21). The van der Waals surface area contributed by atoms with Crippen LogP contribution in [-0.4, -0.2) is 46.1 Å². The summed E-state index contributed by atoms with van der Waals surface area (Å²) in [7, 11) is 0. The molecule has 120 valence electrons. The molecule has 0 amide bonds. The van der Waals surface area contributed by atoms with E-state index in [1.54, 1.807) is 6.20 Å². The van der Waals surface area contributed by atoms with Crippen molar-refractivity contribution in [1.82, 2.24) is 19.9 Å². The maximum Gasteiger partial charge on any atom is 0.178 e. The Morgan fingerprint density at radius 3 is 2.57 bits per heavy atom. The van der Waals surface area contributed by atoms with E-state index >= 15 is 0 Å². The van der Waals surface area contributed by atoms with Crippen LogP contribution in [0.25, 0.3) is 22.6 Å². The Bertz CT molecular complexity index is 714. The predicted octanol–water partition coefficient (Wildman–Crippen LogP) is 3.35. The summed E-state index contributed by atoms with van der Waals surface area (Å²) in [5.74, 6) is 1.71. The third-order valence-corrected chi connectivity index (χ3v) is 3.96. The molecule has 2 heterocycles. The number of hydrogen-bond acceptors (Lipinski definition) is 4. The number of nitrogens with zero attached hydrogens (tertiary/aromatic N) is 3. The molecule has 2 aromatic heterocycles. The van der Waals surface area contributed by atoms with E-state index < -0.39 is 0 Å². The summed E-state index contributed by atoms with van der Waals surface area (Å²) in [6, 6.07) is 11.9. The Morgan fingerprint density at radius 1 is 1.09 bits per heavy atom. The molecule has 0 aliphatic heterocycles. The molecule has 0 spiro atoms. The summed E-state index contributed by atoms with van der Waals surface area (Å²) in [5, 5.41) is 0. The fraction of sp³-hybridized carbons (Fsp3) is 0.333. The zero-order valence-corrected chi connectivity index (χ0v) is 13.6. The first-order valence-electron chi connectivity index (χ1n) is 8.06. The van der Waals surface area contributed by atoms with Crippen LogP contribution < -0.4 is 4.74 Å². The first-order valence-corrected chi connectivity index (χ1v) is 8.06. The van der Waals surface area contributed by atoms with Crippen molar-refractivity contribution in [2.75, 3.05) is 26.2 Å². The zero-order chi connectivity index (χ0) is 16.1. The number of aromatic nitrogens is 3. The fourth-order valence-electron chi connectivity index (χ4n) is 2.52. The summed E-state index contributed by atoms with van der Waals surface area (Å²) < 4.78 is 5.81. The number of imidazole rings is 1. The first kappa shape index (κ1) is 15.5. The van der Waals surface area contributed by atoms with Crippen molar-refractivity contribution in [1.29, 1.82) is 0 Å². The number of hydrogen-bond donors (Lipinski definition) is 1. The molecule has 0 fully saturated rings. The van der Waals surface area contributed by atoms with Gasteiger partial charge in [-0.05, 0) is 49.5 Å². The number of ether oxygens (including phenoxy) is 1. The quantitative estimate of drug-likeness (QED) is 0.727. The number of aromatic amines is 1. The van der Waals surface area contributed by atoms with Crippen molar-refractivity contribution in [3.05, 3.63) is 42.6 Å². The Morgan fingerprint density at radius 2 is 1.87 bits per heavy atom. The fourth-order valence-corrected chi connectivity index (χ4v) is 2.52. The molecule has 0 radical (unpaired) electrons. The highest BCUT2D eigenvalue weighted by Gasteiger charge is 2.06. The Labute approximate surface area is 136 Å². The van der Waals surface area contributed by atoms with Crippen molar-refractivity contribution < 1.29 is 4.74 Å². The van der Waals surface area contributed by atoms with Crippen LogP contribution in [0.3, 0.4) is 0 Å². The van der Waals surface area contributed by atoms with E-state index in [1.165, 1.54) is 0 Å². The maximum atomic E-state index is 5.81. The summed E-state index contributed by atoms with van der Waals surface area (Å²) >= 11 is 0. The second-order valence-corrected chi connectivity index (χ2v) is 5.36. The summed E-state index contributed by atoms with van der Waals surface area (Å²) in [5.41, 5.74) is 2.71. The molecule has 1 aromatic carbocycles. The smallest absolute Gasteiger partial charge is 0.178 e. The highest BCUT2D eigenvalue weighted by Crippen LogP contribution is 2.22. The molecule has 5 nitrogen and oxygen atoms in total. The summed E-state index contributed by atoms with van der Waals surface area (Å²) in [6.45, 7) is 8.10. The van der Waals surface area contributed by atoms with Crippen molar-refractivity contribution in [2.45, 2.75) is 13.8 Å². The molecule has 0 saturated carbocycles. The van der Waals surface area contributed by atoms with E-state index in [2.05, 4.69) is 33.7 Å². The minimum atomic E-state index is 0.704. The molecule has 3 rings (SSSR count). The number of likely N-dealkylation sites (N-methyl/N-ethyl adjacent to an activating group) is 1. The van der Waals surface area contributed by atoms with Gasteiger partial charge in [-0.25, -0.2) is 9.97 Å². The molecule has 3 aromatic rings. The molecule has 5 heteroatoms. The monoisotopic (exact) mass is 310 g/mol. The van der Waals surface area contributed by atoms with Crippen molar-refractivity contribution >= 4 is 11.2 Å². The van der Waals surface area contributed by atoms with Gasteiger partial charge >= 0.3 is 0 Å². The second-order valence-electron chi connectivity index (χ2n) is 5.36. The van der Waals surface area contributed by atoms with Crippen LogP contribution in [0.4, 0.5) is 0 Å². The van der Waals surface area contributed by atoms with Gasteiger partial charge in [0, 0.05) is 18.3 Å². The molecular weight excluding hydrogens is 288 g/mol. The van der Waals surface area contributed by atoms with E-state index in [0.29, 0.717) is 6.61 Å². The van der Waals surface area contributed by atoms with Gasteiger partial charge in [-0.2, -0.15) is 0 Å². The summed E-state index contributed by atoms with van der Waals surface area (Å²) in [6.07, 6.45) is 1.75. The van der Waals surface area contributed by atoms with E-state index in [-0.39, 0.29) is 0 Å². The van der Waals surface area contributed by atoms with Crippen LogP contribution in [-0.2, 0) is 0 Å². The molecular formula is C18H22N4O. The minimum Gasteiger partial charge on any atom is -0.492 e. The molecule has 23 heavy (non-hydrogen) atoms. The topological polar surface area (TPSA) is 54.0 Å². The zero-order valence-electron chi connectivity index (χ0n) is 13.6. The van der Waals surface area contributed by atoms with E-state index in [1.807, 2.05) is 36.4 Å². The Kier molecular flexibility index (Phi) is 4.88. The number of rotatable bonds is 7. The van der Waals surface area contributed by atoms with Crippen LogP contribution in [0.15, 0.2) is 42.6 Å². The van der Waals surface area contributed by atoms with Crippen LogP contribution in [0.1, 0.15) is 13.8 Å². The maximum absolute atomic E-state index is 5.81. The normalized spacial score (nSPS) is 11.3. The van der Waals surface area contributed by atoms with E-state index in [9.17, 15) is 0 Å². The lowest BCUT2D eigenvalue weighted by atomic mass is 10.2. The Hall–Kier alpha value is -2.40. The largest absolute Gasteiger partial charge is 0.492 e. The van der Waals surface area contributed by atoms with Gasteiger partial charge in [-0.3, -0.25) is 0 Å². The van der Waals surface area contributed by atoms with Crippen LogP contribution in [0.2, 0.25) is 0 Å². The molecule has 0 unspecified atom stereocenters. The van der Waals surface area contributed by atoms with Crippen LogP contribution >= 0.6 is 0 Å². The SMILES string of the molecule is CCN(CC)CCOc1ccc(-c2nc3ncccc3[nH]2)cc1. The highest BCUT2D eigenvalue weighted by molar-refractivity contribution is 5.75. The third-order valence-electron chi connectivity index (χ3n) is 3.96. The van der Waals surface area contributed by atoms with Crippen molar-refractivity contribution in [2.24, 2.45) is 0 Å². The van der Waals surface area contributed by atoms with Gasteiger partial charge in [0.2, 0.25) is 0 Å². The third kappa shape index (κ3) is 3.68. The van der Waals surface area contributed by atoms with Crippen LogP contribution in [0, 0.1) is 0 Å². The average Bonchev–Trinajstić information content (AvgIpc) is 3.03. The lowest BCUT2D eigenvalue weighted by molar-refractivity contribution is 0.223. The second kappa shape index (κ2) is 7.24. The van der Waals surface area contributed by atoms with Gasteiger partial charge in [0.1, 0.15) is 18.2 Å². The van der Waals surface area contributed by atoms with Crippen LogP contribution in [0.5, 0.6) is 5.75 Å². The van der Waals surface area contributed by atoms with Gasteiger partial charge in [-0.1, -0.05) is 13.8 Å². The summed E-state index contributed by atoms with van der Waals surface area (Å²) in [4.78, 5) is 14.4. The lowest BCUT2D eigenvalue weighted by Gasteiger charge is -2.18. The number of nitrogens with one attached hydrogen (secondary N) is 1. The highest BCUT2D eigenvalue weighted by atomic mass is 16.5. The molecule has 0 bridgehead atoms. The number of H-pyrrole nitrogens is 1.